The van der Waals surface area contributed by atoms with E-state index in [-0.39, 0.29) is 6.04 Å². The molecule has 0 bridgehead atoms. The molecule has 4 aromatic carbocycles. The van der Waals surface area contributed by atoms with Crippen molar-refractivity contribution in [2.75, 3.05) is 0 Å². The van der Waals surface area contributed by atoms with E-state index in [2.05, 4.69) is 71.7 Å². The van der Waals surface area contributed by atoms with Crippen LogP contribution in [0.25, 0.3) is 21.5 Å². The van der Waals surface area contributed by atoms with Crippen LogP contribution in [-0.4, -0.2) is 12.4 Å². The topological polar surface area (TPSA) is 24.7 Å². The summed E-state index contributed by atoms with van der Waals surface area (Å²) in [6.45, 7) is 0.776. The van der Waals surface area contributed by atoms with Gasteiger partial charge in [0, 0.05) is 23.6 Å². The number of rotatable bonds is 1. The molecule has 4 aromatic rings. The number of hydrogen-bond donors (Lipinski definition) is 0. The Kier molecular flexibility index (Phi) is 2.75. The lowest BCUT2D eigenvalue weighted by atomic mass is 9.87. The van der Waals surface area contributed by atoms with Crippen molar-refractivity contribution < 1.29 is 0 Å². The summed E-state index contributed by atoms with van der Waals surface area (Å²) in [5, 5.41) is 5.22. The lowest BCUT2D eigenvalue weighted by Crippen LogP contribution is -2.07. The number of nitrogens with zero attached hydrogens (tertiary/aromatic N) is 2. The van der Waals surface area contributed by atoms with Crippen molar-refractivity contribution in [1.29, 1.82) is 0 Å². The van der Waals surface area contributed by atoms with Crippen LogP contribution in [0.1, 0.15) is 33.9 Å². The first kappa shape index (κ1) is 14.0. The van der Waals surface area contributed by atoms with Gasteiger partial charge in [-0.15, -0.1) is 0 Å². The van der Waals surface area contributed by atoms with Gasteiger partial charge in [-0.3, -0.25) is 9.98 Å². The molecule has 2 nitrogen and oxygen atoms in total. The Morgan fingerprint density at radius 2 is 1.58 bits per heavy atom. The zero-order valence-electron chi connectivity index (χ0n) is 14.2. The Labute approximate surface area is 151 Å². The molecule has 0 radical (unpaired) electrons. The fourth-order valence-corrected chi connectivity index (χ4v) is 4.44. The van der Waals surface area contributed by atoms with Gasteiger partial charge in [-0.05, 0) is 50.4 Å². The van der Waals surface area contributed by atoms with Crippen LogP contribution in [0.3, 0.4) is 0 Å². The zero-order valence-corrected chi connectivity index (χ0v) is 14.2. The fourth-order valence-electron chi connectivity index (χ4n) is 4.44. The Hall–Kier alpha value is -3.26. The minimum Gasteiger partial charge on any atom is -0.288 e. The Balaban J connectivity index is 1.63. The van der Waals surface area contributed by atoms with Crippen LogP contribution in [-0.2, 0) is 6.54 Å². The Morgan fingerprint density at radius 3 is 2.54 bits per heavy atom. The molecule has 26 heavy (non-hydrogen) atoms. The van der Waals surface area contributed by atoms with Gasteiger partial charge in [-0.2, -0.15) is 0 Å². The SMILES string of the molecule is C1=NCc2cccc3cc(C4N=Cc5cccc6cccc4c56)cc1c23. The molecule has 0 N–H and O–H groups in total. The van der Waals surface area contributed by atoms with Gasteiger partial charge in [0.05, 0.1) is 6.54 Å². The van der Waals surface area contributed by atoms with Crippen molar-refractivity contribution in [3.63, 3.8) is 0 Å². The monoisotopic (exact) mass is 332 g/mol. The number of hydrogen-bond acceptors (Lipinski definition) is 2. The van der Waals surface area contributed by atoms with Gasteiger partial charge in [0.2, 0.25) is 0 Å². The molecule has 0 aromatic heterocycles. The van der Waals surface area contributed by atoms with Gasteiger partial charge in [-0.25, -0.2) is 0 Å². The van der Waals surface area contributed by atoms with Crippen molar-refractivity contribution in [3.8, 4) is 0 Å². The van der Waals surface area contributed by atoms with E-state index in [1.54, 1.807) is 0 Å². The van der Waals surface area contributed by atoms with Gasteiger partial charge >= 0.3 is 0 Å². The van der Waals surface area contributed by atoms with E-state index in [4.69, 9.17) is 4.99 Å². The second kappa shape index (κ2) is 5.12. The first-order valence-corrected chi connectivity index (χ1v) is 8.99. The van der Waals surface area contributed by atoms with E-state index >= 15 is 0 Å². The van der Waals surface area contributed by atoms with Gasteiger partial charge < -0.3 is 0 Å². The van der Waals surface area contributed by atoms with Crippen LogP contribution in [0.15, 0.2) is 76.7 Å². The molecule has 2 aliphatic rings. The van der Waals surface area contributed by atoms with Crippen LogP contribution in [0.2, 0.25) is 0 Å². The molecule has 0 fully saturated rings. The zero-order chi connectivity index (χ0) is 17.1. The lowest BCUT2D eigenvalue weighted by molar-refractivity contribution is 0.883. The average Bonchev–Trinajstić information content (AvgIpc) is 2.69. The van der Waals surface area contributed by atoms with E-state index in [1.807, 2.05) is 12.4 Å². The maximum absolute atomic E-state index is 4.92. The van der Waals surface area contributed by atoms with E-state index in [0.29, 0.717) is 0 Å². The van der Waals surface area contributed by atoms with E-state index < -0.39 is 0 Å². The molecule has 1 atom stereocenters. The van der Waals surface area contributed by atoms with E-state index in [9.17, 15) is 0 Å². The maximum atomic E-state index is 4.92. The summed E-state index contributed by atoms with van der Waals surface area (Å²) in [6, 6.07) is 24.1. The van der Waals surface area contributed by atoms with E-state index in [1.165, 1.54) is 49.4 Å². The van der Waals surface area contributed by atoms with Crippen LogP contribution in [0.4, 0.5) is 0 Å². The summed E-state index contributed by atoms with van der Waals surface area (Å²) in [6.07, 6.45) is 4.04. The first-order valence-electron chi connectivity index (χ1n) is 8.99. The normalized spacial score (nSPS) is 17.2. The average molecular weight is 332 g/mol. The molecule has 0 aliphatic carbocycles. The summed E-state index contributed by atoms with van der Waals surface area (Å²) in [5.74, 6) is 0. The molecule has 0 spiro atoms. The minimum atomic E-state index is 0.0354. The molecule has 0 saturated carbocycles. The van der Waals surface area contributed by atoms with Crippen molar-refractivity contribution in [3.05, 3.63) is 94.5 Å². The standard InChI is InChI=1S/C24H16N2/c1-4-15-5-3-9-21-23(15)18(8-1)14-26-24(21)19-10-16-6-2-7-17-12-25-13-20(11-19)22(16)17/h1-11,13-14,24H,12H2. The number of aliphatic imine (C=N–C) groups is 2. The smallest absolute Gasteiger partial charge is 0.101 e. The maximum Gasteiger partial charge on any atom is 0.101 e. The van der Waals surface area contributed by atoms with Crippen LogP contribution in [0, 0.1) is 0 Å². The Morgan fingerprint density at radius 1 is 0.731 bits per heavy atom. The minimum absolute atomic E-state index is 0.0354. The number of benzene rings is 4. The molecule has 2 heteroatoms. The molecule has 2 aliphatic heterocycles. The molecular weight excluding hydrogens is 316 g/mol. The fraction of sp³-hybridized carbons (Fsp3) is 0.0833. The molecule has 6 rings (SSSR count). The molecule has 0 saturated heterocycles. The highest BCUT2D eigenvalue weighted by molar-refractivity contribution is 6.05. The molecular formula is C24H16N2. The third kappa shape index (κ3) is 1.87. The second-order valence-electron chi connectivity index (χ2n) is 7.07. The van der Waals surface area contributed by atoms with Crippen molar-refractivity contribution >= 4 is 34.0 Å². The highest BCUT2D eigenvalue weighted by Crippen LogP contribution is 2.38. The van der Waals surface area contributed by atoms with Crippen molar-refractivity contribution in [2.24, 2.45) is 9.98 Å². The highest BCUT2D eigenvalue weighted by Gasteiger charge is 2.22. The van der Waals surface area contributed by atoms with E-state index in [0.717, 1.165) is 6.54 Å². The van der Waals surface area contributed by atoms with Gasteiger partial charge in [0.1, 0.15) is 6.04 Å². The van der Waals surface area contributed by atoms with Crippen LogP contribution >= 0.6 is 0 Å². The molecule has 1 unspecified atom stereocenters. The molecule has 2 heterocycles. The summed E-state index contributed by atoms with van der Waals surface area (Å²) in [4.78, 5) is 9.46. The van der Waals surface area contributed by atoms with Crippen LogP contribution < -0.4 is 0 Å². The summed E-state index contributed by atoms with van der Waals surface area (Å²) in [5.41, 5.74) is 6.25. The first-order chi connectivity index (χ1) is 12.9. The van der Waals surface area contributed by atoms with Gasteiger partial charge in [0.15, 0.2) is 0 Å². The summed E-state index contributed by atoms with van der Waals surface area (Å²) >= 11 is 0. The molecule has 0 amide bonds. The second-order valence-corrected chi connectivity index (χ2v) is 7.07. The summed E-state index contributed by atoms with van der Waals surface area (Å²) < 4.78 is 0. The van der Waals surface area contributed by atoms with Gasteiger partial charge in [0.25, 0.3) is 0 Å². The van der Waals surface area contributed by atoms with Crippen molar-refractivity contribution in [2.45, 2.75) is 12.6 Å². The highest BCUT2D eigenvalue weighted by atomic mass is 14.8. The quantitative estimate of drug-likeness (QED) is 0.443. The Bertz CT molecular complexity index is 1260. The predicted octanol–water partition coefficient (Wildman–Crippen LogP) is 5.45. The largest absolute Gasteiger partial charge is 0.288 e. The van der Waals surface area contributed by atoms with Crippen LogP contribution in [0.5, 0.6) is 0 Å². The van der Waals surface area contributed by atoms with Crippen molar-refractivity contribution in [1.82, 2.24) is 0 Å². The predicted molar refractivity (Wildman–Crippen MR) is 109 cm³/mol. The third-order valence-corrected chi connectivity index (χ3v) is 5.55. The summed E-state index contributed by atoms with van der Waals surface area (Å²) in [7, 11) is 0. The van der Waals surface area contributed by atoms with Gasteiger partial charge in [-0.1, -0.05) is 54.6 Å². The third-order valence-electron chi connectivity index (χ3n) is 5.55. The lowest BCUT2D eigenvalue weighted by Gasteiger charge is -2.23. The molecule has 122 valence electrons.